The predicted molar refractivity (Wildman–Crippen MR) is 60.4 cm³/mol. The number of hydrogen-bond acceptors (Lipinski definition) is 6. The second-order valence-electron chi connectivity index (χ2n) is 3.27. The Morgan fingerprint density at radius 1 is 1.29 bits per heavy atom. The van der Waals surface area contributed by atoms with Gasteiger partial charge in [0, 0.05) is 11.3 Å². The molecule has 0 atom stereocenters. The van der Waals surface area contributed by atoms with Crippen LogP contribution in [0.25, 0.3) is 0 Å². The molecule has 0 aliphatic carbocycles. The average Bonchev–Trinajstić information content (AvgIpc) is 2.77. The fraction of sp³-hybridized carbons (Fsp3) is 0.100. The Kier molecular flexibility index (Phi) is 3.01. The molecule has 0 radical (unpaired) electrons. The number of primary amides is 1. The molecule has 1 amide bonds. The van der Waals surface area contributed by atoms with Crippen molar-refractivity contribution in [2.45, 2.75) is 6.54 Å². The van der Waals surface area contributed by atoms with E-state index in [1.807, 2.05) is 0 Å². The van der Waals surface area contributed by atoms with Crippen molar-refractivity contribution >= 4 is 17.6 Å². The van der Waals surface area contributed by atoms with Crippen LogP contribution in [0.5, 0.6) is 0 Å². The molecule has 0 bridgehead atoms. The van der Waals surface area contributed by atoms with Crippen LogP contribution >= 0.6 is 0 Å². The van der Waals surface area contributed by atoms with Crippen LogP contribution < -0.4 is 16.8 Å². The first-order chi connectivity index (χ1) is 8.19. The number of amides is 1. The molecule has 17 heavy (non-hydrogen) atoms. The fourth-order valence-electron chi connectivity index (χ4n) is 1.23. The molecule has 0 aliphatic heterocycles. The number of nitrogens with zero attached hydrogens (tertiary/aromatic N) is 2. The van der Waals surface area contributed by atoms with E-state index in [2.05, 4.69) is 15.5 Å². The van der Waals surface area contributed by atoms with Gasteiger partial charge in [-0.05, 0) is 24.3 Å². The van der Waals surface area contributed by atoms with E-state index in [1.165, 1.54) is 0 Å². The van der Waals surface area contributed by atoms with E-state index in [4.69, 9.17) is 15.9 Å². The molecule has 0 unspecified atom stereocenters. The Bertz CT molecular complexity index is 520. The quantitative estimate of drug-likeness (QED) is 0.701. The van der Waals surface area contributed by atoms with Crippen LogP contribution in [0.15, 0.2) is 28.7 Å². The zero-order valence-corrected chi connectivity index (χ0v) is 8.88. The minimum absolute atomic E-state index is 0.190. The summed E-state index contributed by atoms with van der Waals surface area (Å²) in [6.45, 7) is 0.190. The van der Waals surface area contributed by atoms with Gasteiger partial charge in [-0.1, -0.05) is 5.10 Å². The molecule has 0 spiro atoms. The van der Waals surface area contributed by atoms with E-state index in [9.17, 15) is 4.79 Å². The average molecular weight is 233 g/mol. The Morgan fingerprint density at radius 2 is 2.00 bits per heavy atom. The molecule has 1 aromatic heterocycles. The highest BCUT2D eigenvalue weighted by atomic mass is 16.4. The topological polar surface area (TPSA) is 120 Å². The fourth-order valence-corrected chi connectivity index (χ4v) is 1.23. The number of nitrogens with one attached hydrogen (secondary N) is 1. The molecular weight excluding hydrogens is 222 g/mol. The van der Waals surface area contributed by atoms with E-state index in [-0.39, 0.29) is 12.6 Å². The summed E-state index contributed by atoms with van der Waals surface area (Å²) in [5.41, 5.74) is 11.6. The molecule has 0 saturated carbocycles. The first-order valence-electron chi connectivity index (χ1n) is 4.88. The van der Waals surface area contributed by atoms with Crippen LogP contribution in [-0.4, -0.2) is 16.1 Å². The van der Waals surface area contributed by atoms with Crippen LogP contribution in [0, 0.1) is 0 Å². The van der Waals surface area contributed by atoms with Crippen molar-refractivity contribution in [1.82, 2.24) is 10.2 Å². The first-order valence-corrected chi connectivity index (χ1v) is 4.88. The maximum Gasteiger partial charge on any atom is 0.320 e. The van der Waals surface area contributed by atoms with Crippen molar-refractivity contribution < 1.29 is 9.21 Å². The van der Waals surface area contributed by atoms with Crippen molar-refractivity contribution in [3.63, 3.8) is 0 Å². The Labute approximate surface area is 96.8 Å². The van der Waals surface area contributed by atoms with Crippen LogP contribution in [-0.2, 0) is 6.54 Å². The molecule has 5 N–H and O–H groups in total. The van der Waals surface area contributed by atoms with Crippen molar-refractivity contribution in [1.29, 1.82) is 0 Å². The lowest BCUT2D eigenvalue weighted by molar-refractivity contribution is 0.100. The minimum atomic E-state index is -0.472. The number of nitrogens with two attached hydrogens (primary N) is 2. The normalized spacial score (nSPS) is 10.2. The van der Waals surface area contributed by atoms with Gasteiger partial charge in [0.2, 0.25) is 11.8 Å². The zero-order chi connectivity index (χ0) is 12.3. The maximum absolute atomic E-state index is 10.9. The van der Waals surface area contributed by atoms with Crippen molar-refractivity contribution in [2.24, 2.45) is 11.5 Å². The Hall–Kier alpha value is -2.41. The molecule has 2 aromatic rings. The summed E-state index contributed by atoms with van der Waals surface area (Å²) >= 11 is 0. The number of rotatable bonds is 4. The van der Waals surface area contributed by atoms with Crippen LogP contribution in [0.3, 0.4) is 0 Å². The van der Waals surface area contributed by atoms with Crippen molar-refractivity contribution in [3.05, 3.63) is 35.7 Å². The summed E-state index contributed by atoms with van der Waals surface area (Å²) in [5.74, 6) is -0.124. The number of hydrogen-bond donors (Lipinski definition) is 3. The third-order valence-electron chi connectivity index (χ3n) is 2.06. The molecule has 88 valence electrons. The van der Waals surface area contributed by atoms with Gasteiger partial charge in [0.1, 0.15) is 0 Å². The molecule has 0 aliphatic rings. The zero-order valence-electron chi connectivity index (χ0n) is 8.88. The number of benzene rings is 1. The lowest BCUT2D eigenvalue weighted by Crippen LogP contribution is -2.10. The van der Waals surface area contributed by atoms with E-state index in [0.29, 0.717) is 17.1 Å². The summed E-state index contributed by atoms with van der Waals surface area (Å²) in [4.78, 5) is 10.9. The number of aromatic nitrogens is 2. The van der Waals surface area contributed by atoms with Gasteiger partial charge in [-0.25, -0.2) is 0 Å². The maximum atomic E-state index is 10.9. The third kappa shape index (κ3) is 2.58. The number of carbonyl (C=O) groups excluding carboxylic acids is 1. The number of carbonyl (C=O) groups is 1. The highest BCUT2D eigenvalue weighted by molar-refractivity contribution is 5.93. The van der Waals surface area contributed by atoms with Gasteiger partial charge < -0.3 is 21.2 Å². The smallest absolute Gasteiger partial charge is 0.320 e. The highest BCUT2D eigenvalue weighted by Crippen LogP contribution is 2.15. The summed E-state index contributed by atoms with van der Waals surface area (Å²) in [6, 6.07) is 6.83. The summed E-state index contributed by atoms with van der Waals surface area (Å²) in [6.07, 6.45) is 0. The van der Waals surface area contributed by atoms with Gasteiger partial charge in [-0.15, -0.1) is 5.10 Å². The second-order valence-corrected chi connectivity index (χ2v) is 3.27. The molecule has 0 saturated heterocycles. The van der Waals surface area contributed by atoms with Gasteiger partial charge in [0.15, 0.2) is 0 Å². The van der Waals surface area contributed by atoms with Crippen LogP contribution in [0.1, 0.15) is 16.2 Å². The van der Waals surface area contributed by atoms with Gasteiger partial charge in [0.05, 0.1) is 6.54 Å². The van der Waals surface area contributed by atoms with E-state index in [1.54, 1.807) is 24.3 Å². The number of anilines is 2. The molecule has 2 rings (SSSR count). The molecule has 7 nitrogen and oxygen atoms in total. The van der Waals surface area contributed by atoms with Gasteiger partial charge in [0.25, 0.3) is 0 Å². The Balaban J connectivity index is 2.10. The monoisotopic (exact) mass is 233 g/mol. The highest BCUT2D eigenvalue weighted by Gasteiger charge is 2.05. The van der Waals surface area contributed by atoms with Crippen molar-refractivity contribution in [3.8, 4) is 0 Å². The van der Waals surface area contributed by atoms with E-state index >= 15 is 0 Å². The SMILES string of the molecule is NCc1nnc(Nc2ccc(C(N)=O)cc2)o1. The molecule has 1 heterocycles. The molecule has 1 aromatic carbocycles. The second kappa shape index (κ2) is 4.62. The van der Waals surface area contributed by atoms with Gasteiger partial charge in [-0.2, -0.15) is 0 Å². The summed E-state index contributed by atoms with van der Waals surface area (Å²) in [7, 11) is 0. The predicted octanol–water partition coefficient (Wildman–Crippen LogP) is 0.371. The van der Waals surface area contributed by atoms with Gasteiger partial charge in [-0.3, -0.25) is 4.79 Å². The third-order valence-corrected chi connectivity index (χ3v) is 2.06. The lowest BCUT2D eigenvalue weighted by Gasteiger charge is -2.01. The summed E-state index contributed by atoms with van der Waals surface area (Å²) < 4.78 is 5.16. The van der Waals surface area contributed by atoms with Crippen LogP contribution in [0.2, 0.25) is 0 Å². The lowest BCUT2D eigenvalue weighted by atomic mass is 10.2. The van der Waals surface area contributed by atoms with Crippen molar-refractivity contribution in [2.75, 3.05) is 5.32 Å². The first kappa shape index (κ1) is 11.1. The molecule has 7 heteroatoms. The van der Waals surface area contributed by atoms with Crippen LogP contribution in [0.4, 0.5) is 11.7 Å². The largest absolute Gasteiger partial charge is 0.406 e. The standard InChI is InChI=1S/C10H11N5O2/c11-5-8-14-15-10(17-8)13-7-3-1-6(2-4-7)9(12)16/h1-4H,5,11H2,(H2,12,16)(H,13,15). The summed E-state index contributed by atoms with van der Waals surface area (Å²) in [5, 5.41) is 10.3. The Morgan fingerprint density at radius 3 is 2.53 bits per heavy atom. The van der Waals surface area contributed by atoms with E-state index < -0.39 is 5.91 Å². The molecular formula is C10H11N5O2. The van der Waals surface area contributed by atoms with Gasteiger partial charge >= 0.3 is 6.01 Å². The molecule has 0 fully saturated rings. The van der Waals surface area contributed by atoms with E-state index in [0.717, 1.165) is 0 Å². The minimum Gasteiger partial charge on any atom is -0.406 e.